The molecule has 0 aromatic rings. The van der Waals surface area contributed by atoms with E-state index in [0.29, 0.717) is 0 Å². The Morgan fingerprint density at radius 2 is 2.12 bits per heavy atom. The molecule has 0 aliphatic carbocycles. The van der Waals surface area contributed by atoms with Crippen molar-refractivity contribution in [3.63, 3.8) is 0 Å². The molecule has 48 valence electrons. The smallest absolute Gasteiger partial charge is 0.133 e. The van der Waals surface area contributed by atoms with E-state index in [-0.39, 0.29) is 12.4 Å². The highest BCUT2D eigenvalue weighted by Crippen LogP contribution is 1.85. The first-order valence-electron chi connectivity index (χ1n) is 2.33. The second kappa shape index (κ2) is 3.32. The largest absolute Gasteiger partial charge is 0.508 e. The van der Waals surface area contributed by atoms with Gasteiger partial charge in [-0.3, -0.25) is 0 Å². The van der Waals surface area contributed by atoms with E-state index in [4.69, 9.17) is 10.2 Å². The Balaban J connectivity index is 3.56. The van der Waals surface area contributed by atoms with Gasteiger partial charge in [-0.25, -0.2) is 0 Å². The van der Waals surface area contributed by atoms with Gasteiger partial charge in [0.2, 0.25) is 0 Å². The van der Waals surface area contributed by atoms with Crippen molar-refractivity contribution in [2.45, 2.75) is 0 Å². The van der Waals surface area contributed by atoms with Crippen LogP contribution >= 0.6 is 0 Å². The fraction of sp³-hybridized carbons (Fsp3) is 0.600. The number of aliphatic hydroxyl groups excluding tert-OH is 2. The Kier molecular flexibility index (Phi) is 3.03. The molecule has 0 bridgehead atoms. The lowest BCUT2D eigenvalue weighted by atomic mass is 10.5. The zero-order chi connectivity index (χ0) is 6.57. The highest BCUT2D eigenvalue weighted by molar-refractivity contribution is 4.87. The van der Waals surface area contributed by atoms with Crippen LogP contribution < -0.4 is 0 Å². The van der Waals surface area contributed by atoms with Crippen LogP contribution in [0.25, 0.3) is 0 Å². The van der Waals surface area contributed by atoms with Gasteiger partial charge in [-0.2, -0.15) is 0 Å². The molecule has 0 saturated heterocycles. The summed E-state index contributed by atoms with van der Waals surface area (Å²) in [5.74, 6) is -0.0185. The van der Waals surface area contributed by atoms with Gasteiger partial charge in [-0.15, -0.1) is 0 Å². The fourth-order valence-electron chi connectivity index (χ4n) is 0.339. The molecular weight excluding hydrogens is 106 g/mol. The van der Waals surface area contributed by atoms with E-state index in [1.54, 1.807) is 19.0 Å². The van der Waals surface area contributed by atoms with Gasteiger partial charge in [0, 0.05) is 20.3 Å². The van der Waals surface area contributed by atoms with Crippen molar-refractivity contribution in [1.82, 2.24) is 4.90 Å². The summed E-state index contributed by atoms with van der Waals surface area (Å²) >= 11 is 0. The minimum atomic E-state index is -0.293. The summed E-state index contributed by atoms with van der Waals surface area (Å²) in [6, 6.07) is 0. The van der Waals surface area contributed by atoms with Crippen molar-refractivity contribution in [2.75, 3.05) is 20.7 Å². The van der Waals surface area contributed by atoms with Crippen LogP contribution in [0.5, 0.6) is 0 Å². The third kappa shape index (κ3) is 3.49. The maximum absolute atomic E-state index is 8.60. The van der Waals surface area contributed by atoms with Gasteiger partial charge in [0.25, 0.3) is 0 Å². The lowest BCUT2D eigenvalue weighted by Crippen LogP contribution is -2.04. The third-order valence-electron chi connectivity index (χ3n) is 0.569. The first-order chi connectivity index (χ1) is 3.66. The average molecular weight is 117 g/mol. The molecule has 0 rings (SSSR count). The van der Waals surface area contributed by atoms with Crippen LogP contribution in [0, 0.1) is 0 Å². The SMILES string of the molecule is CN(C)/C=C(\O)CO. The highest BCUT2D eigenvalue weighted by atomic mass is 16.3. The number of nitrogens with zero attached hydrogens (tertiary/aromatic N) is 1. The van der Waals surface area contributed by atoms with E-state index < -0.39 is 0 Å². The second-order valence-electron chi connectivity index (χ2n) is 1.74. The highest BCUT2D eigenvalue weighted by Gasteiger charge is 1.86. The lowest BCUT2D eigenvalue weighted by Gasteiger charge is -2.03. The predicted octanol–water partition coefficient (Wildman–Crippen LogP) is -0.0603. The normalized spacial score (nSPS) is 11.6. The van der Waals surface area contributed by atoms with Crippen molar-refractivity contribution in [3.05, 3.63) is 12.0 Å². The summed E-state index contributed by atoms with van der Waals surface area (Å²) in [7, 11) is 3.54. The van der Waals surface area contributed by atoms with Gasteiger partial charge < -0.3 is 15.1 Å². The summed E-state index contributed by atoms with van der Waals surface area (Å²) in [5.41, 5.74) is 0. The van der Waals surface area contributed by atoms with E-state index in [9.17, 15) is 0 Å². The molecule has 0 spiro atoms. The van der Waals surface area contributed by atoms with Gasteiger partial charge in [0.05, 0.1) is 0 Å². The van der Waals surface area contributed by atoms with Crippen molar-refractivity contribution in [2.24, 2.45) is 0 Å². The van der Waals surface area contributed by atoms with Crippen molar-refractivity contribution < 1.29 is 10.2 Å². The van der Waals surface area contributed by atoms with Gasteiger partial charge in [-0.05, 0) is 0 Å². The minimum Gasteiger partial charge on any atom is -0.508 e. The molecule has 0 saturated carbocycles. The van der Waals surface area contributed by atoms with Crippen molar-refractivity contribution >= 4 is 0 Å². The van der Waals surface area contributed by atoms with E-state index in [2.05, 4.69) is 0 Å². The third-order valence-corrected chi connectivity index (χ3v) is 0.569. The van der Waals surface area contributed by atoms with Gasteiger partial charge in [0.15, 0.2) is 0 Å². The summed E-state index contributed by atoms with van der Waals surface area (Å²) in [6.45, 7) is -0.293. The van der Waals surface area contributed by atoms with Gasteiger partial charge in [-0.1, -0.05) is 0 Å². The molecule has 0 aromatic heterocycles. The van der Waals surface area contributed by atoms with Crippen LogP contribution in [0.1, 0.15) is 0 Å². The van der Waals surface area contributed by atoms with E-state index >= 15 is 0 Å². The molecular formula is C5H11NO2. The summed E-state index contributed by atoms with van der Waals surface area (Å²) in [6.07, 6.45) is 1.44. The Morgan fingerprint density at radius 1 is 1.62 bits per heavy atom. The van der Waals surface area contributed by atoms with Crippen LogP contribution in [0.4, 0.5) is 0 Å². The summed E-state index contributed by atoms with van der Waals surface area (Å²) in [4.78, 5) is 1.66. The molecule has 0 heterocycles. The lowest BCUT2D eigenvalue weighted by molar-refractivity contribution is 0.246. The maximum atomic E-state index is 8.60. The summed E-state index contributed by atoms with van der Waals surface area (Å²) in [5, 5.41) is 16.8. The van der Waals surface area contributed by atoms with Crippen molar-refractivity contribution in [3.8, 4) is 0 Å². The second-order valence-corrected chi connectivity index (χ2v) is 1.74. The fourth-order valence-corrected chi connectivity index (χ4v) is 0.339. The Bertz CT molecular complexity index is 88.4. The molecule has 0 aliphatic heterocycles. The Labute approximate surface area is 48.9 Å². The number of hydrogen-bond acceptors (Lipinski definition) is 3. The van der Waals surface area contributed by atoms with Crippen LogP contribution in [-0.2, 0) is 0 Å². The molecule has 3 heteroatoms. The zero-order valence-electron chi connectivity index (χ0n) is 5.13. The average Bonchev–Trinajstić information content (AvgIpc) is 1.65. The van der Waals surface area contributed by atoms with Crippen LogP contribution in [-0.4, -0.2) is 35.8 Å². The molecule has 0 fully saturated rings. The first kappa shape index (κ1) is 7.30. The number of rotatable bonds is 2. The van der Waals surface area contributed by atoms with Crippen LogP contribution in [0.15, 0.2) is 12.0 Å². The van der Waals surface area contributed by atoms with E-state index in [1.165, 1.54) is 6.20 Å². The molecule has 0 amide bonds. The number of aliphatic hydroxyl groups is 2. The molecule has 0 aromatic carbocycles. The molecule has 8 heavy (non-hydrogen) atoms. The van der Waals surface area contributed by atoms with E-state index in [1.807, 2.05) is 0 Å². The first-order valence-corrected chi connectivity index (χ1v) is 2.33. The molecule has 0 unspecified atom stereocenters. The van der Waals surface area contributed by atoms with Crippen molar-refractivity contribution in [1.29, 1.82) is 0 Å². The Hall–Kier alpha value is -0.700. The number of hydrogen-bond donors (Lipinski definition) is 2. The molecule has 3 nitrogen and oxygen atoms in total. The summed E-state index contributed by atoms with van der Waals surface area (Å²) < 4.78 is 0. The Morgan fingerprint density at radius 3 is 2.25 bits per heavy atom. The van der Waals surface area contributed by atoms with Crippen LogP contribution in [0.3, 0.4) is 0 Å². The molecule has 0 aliphatic rings. The molecule has 0 atom stereocenters. The zero-order valence-corrected chi connectivity index (χ0v) is 5.13. The molecule has 0 radical (unpaired) electrons. The topological polar surface area (TPSA) is 43.7 Å². The van der Waals surface area contributed by atoms with Crippen LogP contribution in [0.2, 0.25) is 0 Å². The quantitative estimate of drug-likeness (QED) is 0.498. The monoisotopic (exact) mass is 117 g/mol. The minimum absolute atomic E-state index is 0.0185. The van der Waals surface area contributed by atoms with Gasteiger partial charge in [0.1, 0.15) is 12.4 Å². The molecule has 2 N–H and O–H groups in total. The predicted molar refractivity (Wildman–Crippen MR) is 31.5 cm³/mol. The standard InChI is InChI=1S/C5H11NO2/c1-6(2)3-5(8)4-7/h3,7-8H,4H2,1-2H3/b5-3-. The van der Waals surface area contributed by atoms with Gasteiger partial charge >= 0.3 is 0 Å². The van der Waals surface area contributed by atoms with E-state index in [0.717, 1.165) is 0 Å². The maximum Gasteiger partial charge on any atom is 0.133 e.